The average molecular weight is 463 g/mol. The Labute approximate surface area is 189 Å². The summed E-state index contributed by atoms with van der Waals surface area (Å²) in [5.74, 6) is 0.562. The van der Waals surface area contributed by atoms with Crippen LogP contribution in [0.15, 0.2) is 30.3 Å². The normalized spacial score (nSPS) is 14.6. The summed E-state index contributed by atoms with van der Waals surface area (Å²) >= 11 is 11.9. The van der Waals surface area contributed by atoms with Crippen LogP contribution in [0.2, 0.25) is 10.3 Å². The number of aryl methyl sites for hydroxylation is 1. The number of halogens is 3. The lowest BCUT2D eigenvalue weighted by Gasteiger charge is -2.32. The van der Waals surface area contributed by atoms with E-state index in [9.17, 15) is 9.18 Å². The molecule has 0 aliphatic carbocycles. The highest BCUT2D eigenvalue weighted by Gasteiger charge is 2.26. The van der Waals surface area contributed by atoms with Crippen LogP contribution < -0.4 is 5.32 Å². The molecule has 162 valence electrons. The molecule has 1 saturated heterocycles. The molecule has 1 fully saturated rings. The number of amides is 1. The van der Waals surface area contributed by atoms with Crippen molar-refractivity contribution in [2.45, 2.75) is 26.2 Å². The lowest BCUT2D eigenvalue weighted by molar-refractivity contribution is 0.0685. The number of aromatic nitrogens is 4. The van der Waals surface area contributed by atoms with Crippen molar-refractivity contribution in [2.75, 3.05) is 18.4 Å². The monoisotopic (exact) mass is 462 g/mol. The number of hydrogen-bond acceptors (Lipinski definition) is 5. The third-order valence-corrected chi connectivity index (χ3v) is 5.76. The molecule has 0 saturated carbocycles. The van der Waals surface area contributed by atoms with Crippen LogP contribution in [-0.2, 0) is 6.42 Å². The van der Waals surface area contributed by atoms with Gasteiger partial charge in [0.05, 0.1) is 10.6 Å². The van der Waals surface area contributed by atoms with Crippen molar-refractivity contribution < 1.29 is 9.18 Å². The molecule has 0 spiro atoms. The van der Waals surface area contributed by atoms with Gasteiger partial charge in [0.25, 0.3) is 5.91 Å². The van der Waals surface area contributed by atoms with Gasteiger partial charge in [-0.3, -0.25) is 9.89 Å². The third-order valence-electron chi connectivity index (χ3n) is 5.30. The van der Waals surface area contributed by atoms with Gasteiger partial charge in [-0.1, -0.05) is 17.7 Å². The molecule has 3 aromatic rings. The van der Waals surface area contributed by atoms with Gasteiger partial charge in [0.15, 0.2) is 11.6 Å². The number of carbonyl (C=O) groups is 1. The Morgan fingerprint density at radius 1 is 1.23 bits per heavy atom. The second kappa shape index (κ2) is 9.20. The summed E-state index contributed by atoms with van der Waals surface area (Å²) in [6.45, 7) is 3.01. The standard InChI is InChI=1S/C21H21Cl2FN6O/c1-12-9-18(29-28-12)26-17-11-14(25-21(23)27-17)10-13-5-7-30(8-6-13)20(31)15-3-2-4-16(22)19(15)24/h2-4,9,11,13H,5-8,10H2,1H3,(H2,25,26,27,28,29). The summed E-state index contributed by atoms with van der Waals surface area (Å²) in [7, 11) is 0. The highest BCUT2D eigenvalue weighted by molar-refractivity contribution is 6.31. The van der Waals surface area contributed by atoms with E-state index in [2.05, 4.69) is 25.5 Å². The number of benzene rings is 1. The second-order valence-electron chi connectivity index (χ2n) is 7.62. The maximum absolute atomic E-state index is 14.2. The lowest BCUT2D eigenvalue weighted by atomic mass is 9.91. The molecule has 1 aromatic carbocycles. The van der Waals surface area contributed by atoms with Crippen molar-refractivity contribution >= 4 is 40.7 Å². The molecular formula is C21H21Cl2FN6O. The summed E-state index contributed by atoms with van der Waals surface area (Å²) in [5, 5.41) is 10.2. The van der Waals surface area contributed by atoms with Gasteiger partial charge in [0.1, 0.15) is 5.82 Å². The zero-order chi connectivity index (χ0) is 22.0. The Balaban J connectivity index is 1.37. The van der Waals surface area contributed by atoms with Gasteiger partial charge in [0.2, 0.25) is 5.28 Å². The summed E-state index contributed by atoms with van der Waals surface area (Å²) in [6, 6.07) is 8.21. The minimum absolute atomic E-state index is 0.0119. The number of nitrogens with zero attached hydrogens (tertiary/aromatic N) is 4. The van der Waals surface area contributed by atoms with Crippen molar-refractivity contribution in [3.05, 3.63) is 63.4 Å². The highest BCUT2D eigenvalue weighted by Crippen LogP contribution is 2.26. The zero-order valence-electron chi connectivity index (χ0n) is 16.8. The molecule has 1 amide bonds. The second-order valence-corrected chi connectivity index (χ2v) is 8.36. The van der Waals surface area contributed by atoms with E-state index in [0.29, 0.717) is 37.1 Å². The number of H-pyrrole nitrogens is 1. The van der Waals surface area contributed by atoms with E-state index < -0.39 is 5.82 Å². The molecule has 1 aliphatic rings. The van der Waals surface area contributed by atoms with Crippen LogP contribution in [0.3, 0.4) is 0 Å². The summed E-state index contributed by atoms with van der Waals surface area (Å²) in [5.41, 5.74) is 1.76. The van der Waals surface area contributed by atoms with E-state index in [0.717, 1.165) is 24.2 Å². The quantitative estimate of drug-likeness (QED) is 0.532. The lowest BCUT2D eigenvalue weighted by Crippen LogP contribution is -2.39. The number of rotatable bonds is 5. The fraction of sp³-hybridized carbons (Fsp3) is 0.333. The summed E-state index contributed by atoms with van der Waals surface area (Å²) < 4.78 is 14.2. The molecule has 0 atom stereocenters. The minimum atomic E-state index is -0.668. The van der Waals surface area contributed by atoms with Gasteiger partial charge < -0.3 is 10.2 Å². The Kier molecular flexibility index (Phi) is 6.38. The van der Waals surface area contributed by atoms with Crippen LogP contribution in [0.4, 0.5) is 16.0 Å². The van der Waals surface area contributed by atoms with Gasteiger partial charge in [-0.25, -0.2) is 14.4 Å². The van der Waals surface area contributed by atoms with Crippen molar-refractivity contribution in [3.63, 3.8) is 0 Å². The van der Waals surface area contributed by atoms with E-state index in [-0.39, 0.29) is 21.8 Å². The summed E-state index contributed by atoms with van der Waals surface area (Å²) in [6.07, 6.45) is 2.29. The van der Waals surface area contributed by atoms with Gasteiger partial charge >= 0.3 is 0 Å². The number of anilines is 2. The largest absolute Gasteiger partial charge is 0.339 e. The number of likely N-dealkylation sites (tertiary alicyclic amines) is 1. The van der Waals surface area contributed by atoms with Crippen molar-refractivity contribution in [2.24, 2.45) is 5.92 Å². The highest BCUT2D eigenvalue weighted by atomic mass is 35.5. The third kappa shape index (κ3) is 5.14. The molecule has 2 aromatic heterocycles. The topological polar surface area (TPSA) is 86.8 Å². The Bertz CT molecular complexity index is 1100. The van der Waals surface area contributed by atoms with Crippen LogP contribution in [0.25, 0.3) is 0 Å². The average Bonchev–Trinajstić information content (AvgIpc) is 3.14. The maximum Gasteiger partial charge on any atom is 0.256 e. The van der Waals surface area contributed by atoms with Crippen molar-refractivity contribution in [3.8, 4) is 0 Å². The molecule has 3 heterocycles. The van der Waals surface area contributed by atoms with Crippen LogP contribution >= 0.6 is 23.2 Å². The fourth-order valence-corrected chi connectivity index (χ4v) is 4.10. The molecule has 31 heavy (non-hydrogen) atoms. The van der Waals surface area contributed by atoms with Crippen LogP contribution in [0.5, 0.6) is 0 Å². The van der Waals surface area contributed by atoms with Crippen LogP contribution in [0.1, 0.15) is 34.6 Å². The maximum atomic E-state index is 14.2. The van der Waals surface area contributed by atoms with Gasteiger partial charge in [-0.2, -0.15) is 5.10 Å². The number of carbonyl (C=O) groups excluding carboxylic acids is 1. The molecule has 0 unspecified atom stereocenters. The first-order valence-electron chi connectivity index (χ1n) is 9.95. The van der Waals surface area contributed by atoms with Gasteiger partial charge in [0, 0.05) is 36.6 Å². The number of nitrogens with one attached hydrogen (secondary N) is 2. The number of piperidine rings is 1. The Morgan fingerprint density at radius 2 is 2.00 bits per heavy atom. The van der Waals surface area contributed by atoms with Gasteiger partial charge in [-0.15, -0.1) is 0 Å². The van der Waals surface area contributed by atoms with E-state index >= 15 is 0 Å². The predicted molar refractivity (Wildman–Crippen MR) is 117 cm³/mol. The number of hydrogen-bond donors (Lipinski definition) is 2. The SMILES string of the molecule is Cc1cc(Nc2cc(CC3CCN(C(=O)c4cccc(Cl)c4F)CC3)nc(Cl)n2)n[nH]1. The number of aromatic amines is 1. The first-order valence-corrected chi connectivity index (χ1v) is 10.7. The van der Waals surface area contributed by atoms with E-state index in [1.807, 2.05) is 19.1 Å². The smallest absolute Gasteiger partial charge is 0.256 e. The van der Waals surface area contributed by atoms with Gasteiger partial charge in [-0.05, 0) is 55.8 Å². The van der Waals surface area contributed by atoms with Crippen molar-refractivity contribution in [1.29, 1.82) is 0 Å². The Morgan fingerprint density at radius 3 is 2.71 bits per heavy atom. The van der Waals surface area contributed by atoms with E-state index in [1.165, 1.54) is 12.1 Å². The first kappa shape index (κ1) is 21.5. The fourth-order valence-electron chi connectivity index (χ4n) is 3.72. The first-order chi connectivity index (χ1) is 14.9. The minimum Gasteiger partial charge on any atom is -0.339 e. The van der Waals surface area contributed by atoms with Crippen LogP contribution in [0, 0.1) is 18.7 Å². The summed E-state index contributed by atoms with van der Waals surface area (Å²) in [4.78, 5) is 22.9. The van der Waals surface area contributed by atoms with Crippen LogP contribution in [-0.4, -0.2) is 44.1 Å². The van der Waals surface area contributed by atoms with E-state index in [1.54, 1.807) is 11.0 Å². The van der Waals surface area contributed by atoms with E-state index in [4.69, 9.17) is 23.2 Å². The molecule has 7 nitrogen and oxygen atoms in total. The Hall–Kier alpha value is -2.71. The zero-order valence-corrected chi connectivity index (χ0v) is 18.3. The molecule has 1 aliphatic heterocycles. The molecule has 0 radical (unpaired) electrons. The molecule has 4 rings (SSSR count). The molecule has 2 N–H and O–H groups in total. The predicted octanol–water partition coefficient (Wildman–Crippen LogP) is 4.79. The molecular weight excluding hydrogens is 442 g/mol. The van der Waals surface area contributed by atoms with Crippen molar-refractivity contribution in [1.82, 2.24) is 25.1 Å². The molecule has 0 bridgehead atoms. The molecule has 10 heteroatoms.